The van der Waals surface area contributed by atoms with E-state index in [4.69, 9.17) is 4.74 Å². The number of hydrogen-bond acceptors (Lipinski definition) is 4. The van der Waals surface area contributed by atoms with Crippen LogP contribution in [-0.2, 0) is 6.42 Å². The molecule has 0 unspecified atom stereocenters. The lowest BCUT2D eigenvalue weighted by molar-refractivity contribution is 0.194. The van der Waals surface area contributed by atoms with Gasteiger partial charge < -0.3 is 20.1 Å². The van der Waals surface area contributed by atoms with Crippen LogP contribution in [0.25, 0.3) is 10.8 Å². The second-order valence-corrected chi connectivity index (χ2v) is 4.34. The molecule has 0 amide bonds. The number of aliphatic hydroxyl groups is 1. The first-order chi connectivity index (χ1) is 8.54. The quantitative estimate of drug-likeness (QED) is 0.728. The Morgan fingerprint density at radius 2 is 2.00 bits per heavy atom. The van der Waals surface area contributed by atoms with Gasteiger partial charge in [0.05, 0.1) is 18.6 Å². The van der Waals surface area contributed by atoms with Crippen LogP contribution in [0.15, 0.2) is 24.3 Å². The summed E-state index contributed by atoms with van der Waals surface area (Å²) >= 11 is 0. The molecule has 96 valence electrons. The van der Waals surface area contributed by atoms with Crippen molar-refractivity contribution in [2.75, 3.05) is 7.11 Å². The van der Waals surface area contributed by atoms with Crippen LogP contribution >= 0.6 is 0 Å². The highest BCUT2D eigenvalue weighted by Crippen LogP contribution is 2.40. The van der Waals surface area contributed by atoms with Gasteiger partial charge in [-0.15, -0.1) is 0 Å². The van der Waals surface area contributed by atoms with Gasteiger partial charge in [-0.05, 0) is 19.1 Å². The van der Waals surface area contributed by atoms with Crippen LogP contribution in [0.1, 0.15) is 12.5 Å². The summed E-state index contributed by atoms with van der Waals surface area (Å²) in [7, 11) is 1.51. The lowest BCUT2D eigenvalue weighted by Crippen LogP contribution is -2.04. The molecule has 0 radical (unpaired) electrons. The number of hydrogen-bond donors (Lipinski definition) is 3. The van der Waals surface area contributed by atoms with Crippen molar-refractivity contribution < 1.29 is 20.1 Å². The maximum atomic E-state index is 10.2. The van der Waals surface area contributed by atoms with Crippen molar-refractivity contribution in [3.8, 4) is 17.2 Å². The normalized spacial score (nSPS) is 12.6. The Morgan fingerprint density at radius 1 is 1.28 bits per heavy atom. The monoisotopic (exact) mass is 248 g/mol. The van der Waals surface area contributed by atoms with Crippen LogP contribution in [0.3, 0.4) is 0 Å². The van der Waals surface area contributed by atoms with E-state index in [1.807, 2.05) is 0 Å². The summed E-state index contributed by atoms with van der Waals surface area (Å²) in [6.07, 6.45) is -0.301. The molecule has 2 rings (SSSR count). The lowest BCUT2D eigenvalue weighted by Gasteiger charge is -2.13. The van der Waals surface area contributed by atoms with Crippen molar-refractivity contribution in [3.05, 3.63) is 29.8 Å². The molecule has 0 aromatic heterocycles. The molecule has 0 heterocycles. The second kappa shape index (κ2) is 4.74. The smallest absolute Gasteiger partial charge is 0.130 e. The summed E-state index contributed by atoms with van der Waals surface area (Å²) in [4.78, 5) is 0. The zero-order chi connectivity index (χ0) is 13.3. The summed E-state index contributed by atoms with van der Waals surface area (Å²) in [6.45, 7) is 1.63. The van der Waals surface area contributed by atoms with E-state index in [9.17, 15) is 15.3 Å². The Morgan fingerprint density at radius 3 is 2.61 bits per heavy atom. The van der Waals surface area contributed by atoms with E-state index in [1.165, 1.54) is 13.2 Å². The predicted octanol–water partition coefficient (Wildman–Crippen LogP) is 2.18. The third-order valence-electron chi connectivity index (χ3n) is 2.89. The largest absolute Gasteiger partial charge is 0.507 e. The maximum absolute atomic E-state index is 10.2. The SMILES string of the molecule is COc1cccc2c(O)c(C[C@H](C)O)cc(O)c12. The molecule has 2 aromatic rings. The molecule has 0 aliphatic heterocycles. The molecule has 0 saturated carbocycles. The third kappa shape index (κ3) is 2.07. The Hall–Kier alpha value is -1.94. The van der Waals surface area contributed by atoms with E-state index in [1.54, 1.807) is 25.1 Å². The number of methoxy groups -OCH3 is 1. The molecule has 0 aliphatic carbocycles. The van der Waals surface area contributed by atoms with E-state index < -0.39 is 6.10 Å². The van der Waals surface area contributed by atoms with Gasteiger partial charge in [-0.1, -0.05) is 12.1 Å². The van der Waals surface area contributed by atoms with Crippen LogP contribution < -0.4 is 4.74 Å². The highest BCUT2D eigenvalue weighted by molar-refractivity contribution is 5.98. The number of rotatable bonds is 3. The first-order valence-electron chi connectivity index (χ1n) is 5.73. The van der Waals surface area contributed by atoms with Crippen LogP contribution in [0.4, 0.5) is 0 Å². The fourth-order valence-electron chi connectivity index (χ4n) is 2.12. The molecule has 1 atom stereocenters. The van der Waals surface area contributed by atoms with Crippen molar-refractivity contribution in [2.24, 2.45) is 0 Å². The predicted molar refractivity (Wildman–Crippen MR) is 69.2 cm³/mol. The summed E-state index contributed by atoms with van der Waals surface area (Å²) < 4.78 is 5.16. The Bertz CT molecular complexity index is 576. The van der Waals surface area contributed by atoms with Gasteiger partial charge in [-0.3, -0.25) is 0 Å². The van der Waals surface area contributed by atoms with Gasteiger partial charge >= 0.3 is 0 Å². The van der Waals surface area contributed by atoms with Crippen molar-refractivity contribution >= 4 is 10.8 Å². The number of phenolic OH excluding ortho intramolecular Hbond substituents is 2. The molecule has 18 heavy (non-hydrogen) atoms. The van der Waals surface area contributed by atoms with Gasteiger partial charge in [0.2, 0.25) is 0 Å². The molecular weight excluding hydrogens is 232 g/mol. The summed E-state index contributed by atoms with van der Waals surface area (Å²) in [6, 6.07) is 6.63. The Balaban J connectivity index is 2.71. The van der Waals surface area contributed by atoms with Gasteiger partial charge in [-0.25, -0.2) is 0 Å². The third-order valence-corrected chi connectivity index (χ3v) is 2.89. The van der Waals surface area contributed by atoms with E-state index in [2.05, 4.69) is 0 Å². The molecule has 4 nitrogen and oxygen atoms in total. The van der Waals surface area contributed by atoms with Gasteiger partial charge in [0, 0.05) is 17.4 Å². The van der Waals surface area contributed by atoms with Crippen LogP contribution in [0.2, 0.25) is 0 Å². The standard InChI is InChI=1S/C14H16O4/c1-8(15)6-9-7-11(16)13-10(14(9)17)4-3-5-12(13)18-2/h3-5,7-8,15-17H,6H2,1-2H3/t8-/m0/s1. The fraction of sp³-hybridized carbons (Fsp3) is 0.286. The Labute approximate surface area is 105 Å². The second-order valence-electron chi connectivity index (χ2n) is 4.34. The number of aliphatic hydroxyl groups excluding tert-OH is 1. The Kier molecular flexibility index (Phi) is 3.30. The van der Waals surface area contributed by atoms with E-state index in [0.29, 0.717) is 22.1 Å². The summed E-state index contributed by atoms with van der Waals surface area (Å²) in [5.41, 5.74) is 0.517. The fourth-order valence-corrected chi connectivity index (χ4v) is 2.12. The van der Waals surface area contributed by atoms with Crippen molar-refractivity contribution in [3.63, 3.8) is 0 Å². The molecule has 0 bridgehead atoms. The average molecular weight is 248 g/mol. The molecule has 0 spiro atoms. The average Bonchev–Trinajstić information content (AvgIpc) is 2.34. The minimum atomic E-state index is -0.585. The number of ether oxygens (including phenoxy) is 1. The number of phenols is 2. The summed E-state index contributed by atoms with van der Waals surface area (Å²) in [5, 5.41) is 30.6. The molecular formula is C14H16O4. The van der Waals surface area contributed by atoms with Gasteiger partial charge in [0.25, 0.3) is 0 Å². The highest BCUT2D eigenvalue weighted by Gasteiger charge is 2.15. The number of fused-ring (bicyclic) bond motifs is 1. The topological polar surface area (TPSA) is 69.9 Å². The number of aromatic hydroxyl groups is 2. The molecule has 3 N–H and O–H groups in total. The van der Waals surface area contributed by atoms with Crippen LogP contribution in [0.5, 0.6) is 17.2 Å². The zero-order valence-corrected chi connectivity index (χ0v) is 10.3. The molecule has 0 saturated heterocycles. The van der Waals surface area contributed by atoms with Gasteiger partial charge in [-0.2, -0.15) is 0 Å². The van der Waals surface area contributed by atoms with Crippen LogP contribution in [-0.4, -0.2) is 28.5 Å². The molecule has 0 aliphatic rings. The minimum Gasteiger partial charge on any atom is -0.507 e. The lowest BCUT2D eigenvalue weighted by atomic mass is 10.00. The van der Waals surface area contributed by atoms with Crippen molar-refractivity contribution in [2.45, 2.75) is 19.4 Å². The van der Waals surface area contributed by atoms with E-state index in [-0.39, 0.29) is 17.9 Å². The molecule has 4 heteroatoms. The zero-order valence-electron chi connectivity index (χ0n) is 10.3. The molecule has 0 fully saturated rings. The van der Waals surface area contributed by atoms with Crippen LogP contribution in [0, 0.1) is 0 Å². The van der Waals surface area contributed by atoms with E-state index in [0.717, 1.165) is 0 Å². The highest BCUT2D eigenvalue weighted by atomic mass is 16.5. The van der Waals surface area contributed by atoms with Crippen molar-refractivity contribution in [1.82, 2.24) is 0 Å². The van der Waals surface area contributed by atoms with Crippen molar-refractivity contribution in [1.29, 1.82) is 0 Å². The van der Waals surface area contributed by atoms with Gasteiger partial charge in [0.1, 0.15) is 17.2 Å². The molecule has 2 aromatic carbocycles. The number of benzene rings is 2. The first kappa shape index (κ1) is 12.5. The first-order valence-corrected chi connectivity index (χ1v) is 5.73. The van der Waals surface area contributed by atoms with Gasteiger partial charge in [0.15, 0.2) is 0 Å². The minimum absolute atomic E-state index is 0.0379. The van der Waals surface area contributed by atoms with E-state index >= 15 is 0 Å². The maximum Gasteiger partial charge on any atom is 0.130 e. The summed E-state index contributed by atoms with van der Waals surface area (Å²) in [5.74, 6) is 0.613.